The third-order valence-corrected chi connectivity index (χ3v) is 3.99. The van der Waals surface area contributed by atoms with Gasteiger partial charge in [0.05, 0.1) is 20.3 Å². The number of rotatable bonds is 5. The third-order valence-electron chi connectivity index (χ3n) is 3.25. The molecular formula is C13H18BrNO3. The van der Waals surface area contributed by atoms with E-state index in [-0.39, 0.29) is 6.10 Å². The molecule has 0 aromatic heterocycles. The molecule has 1 aromatic carbocycles. The molecule has 1 saturated carbocycles. The lowest BCUT2D eigenvalue weighted by atomic mass is 9.89. The Labute approximate surface area is 115 Å². The molecule has 1 aromatic rings. The summed E-state index contributed by atoms with van der Waals surface area (Å²) in [5, 5.41) is 12.6. The first-order valence-corrected chi connectivity index (χ1v) is 6.75. The van der Waals surface area contributed by atoms with E-state index in [1.807, 2.05) is 12.1 Å². The van der Waals surface area contributed by atoms with E-state index in [1.165, 1.54) is 0 Å². The maximum atomic E-state index is 9.23. The largest absolute Gasteiger partial charge is 0.493 e. The van der Waals surface area contributed by atoms with Gasteiger partial charge in [0.25, 0.3) is 0 Å². The van der Waals surface area contributed by atoms with Gasteiger partial charge in [-0.15, -0.1) is 0 Å². The zero-order valence-corrected chi connectivity index (χ0v) is 12.2. The number of aliphatic hydroxyl groups is 1. The minimum absolute atomic E-state index is 0.128. The highest BCUT2D eigenvalue weighted by atomic mass is 79.9. The lowest BCUT2D eigenvalue weighted by Crippen LogP contribution is -2.43. The van der Waals surface area contributed by atoms with Crippen LogP contribution in [0.15, 0.2) is 16.6 Å². The van der Waals surface area contributed by atoms with Crippen molar-refractivity contribution in [3.05, 3.63) is 22.2 Å². The van der Waals surface area contributed by atoms with E-state index in [1.54, 1.807) is 14.2 Å². The van der Waals surface area contributed by atoms with Crippen LogP contribution < -0.4 is 14.8 Å². The van der Waals surface area contributed by atoms with Crippen molar-refractivity contribution in [2.24, 2.45) is 0 Å². The lowest BCUT2D eigenvalue weighted by molar-refractivity contribution is 0.0619. The van der Waals surface area contributed by atoms with Crippen LogP contribution in [0.2, 0.25) is 0 Å². The number of methoxy groups -OCH3 is 2. The van der Waals surface area contributed by atoms with E-state index >= 15 is 0 Å². The zero-order chi connectivity index (χ0) is 13.1. The van der Waals surface area contributed by atoms with E-state index in [4.69, 9.17) is 9.47 Å². The summed E-state index contributed by atoms with van der Waals surface area (Å²) in [6.07, 6.45) is 1.55. The minimum atomic E-state index is -0.128. The van der Waals surface area contributed by atoms with Crippen LogP contribution in [0, 0.1) is 0 Å². The molecule has 0 aliphatic heterocycles. The first-order valence-electron chi connectivity index (χ1n) is 5.96. The van der Waals surface area contributed by atoms with Crippen molar-refractivity contribution in [3.8, 4) is 11.5 Å². The van der Waals surface area contributed by atoms with Gasteiger partial charge in [-0.1, -0.05) is 15.9 Å². The molecule has 1 aliphatic rings. The van der Waals surface area contributed by atoms with Crippen molar-refractivity contribution >= 4 is 15.9 Å². The summed E-state index contributed by atoms with van der Waals surface area (Å²) in [5.74, 6) is 1.44. The van der Waals surface area contributed by atoms with Gasteiger partial charge in [-0.3, -0.25) is 0 Å². The molecule has 4 nitrogen and oxygen atoms in total. The van der Waals surface area contributed by atoms with E-state index in [0.717, 1.165) is 35.2 Å². The van der Waals surface area contributed by atoms with E-state index in [0.29, 0.717) is 11.8 Å². The molecule has 0 atom stereocenters. The van der Waals surface area contributed by atoms with Crippen LogP contribution in [0.3, 0.4) is 0 Å². The topological polar surface area (TPSA) is 50.7 Å². The summed E-state index contributed by atoms with van der Waals surface area (Å²) < 4.78 is 11.5. The first-order chi connectivity index (χ1) is 8.63. The van der Waals surface area contributed by atoms with Gasteiger partial charge in [-0.2, -0.15) is 0 Å². The van der Waals surface area contributed by atoms with E-state index < -0.39 is 0 Å². The molecule has 0 unspecified atom stereocenters. The summed E-state index contributed by atoms with van der Waals surface area (Å²) in [7, 11) is 3.25. The number of hydrogen-bond acceptors (Lipinski definition) is 4. The molecule has 0 amide bonds. The SMILES string of the molecule is COc1cc(Br)c(CNC2CC(O)C2)cc1OC. The maximum Gasteiger partial charge on any atom is 0.161 e. The van der Waals surface area contributed by atoms with Gasteiger partial charge in [0.15, 0.2) is 11.5 Å². The molecule has 1 aliphatic carbocycles. The van der Waals surface area contributed by atoms with Gasteiger partial charge < -0.3 is 19.9 Å². The molecule has 0 saturated heterocycles. The van der Waals surface area contributed by atoms with Gasteiger partial charge in [-0.05, 0) is 30.5 Å². The van der Waals surface area contributed by atoms with Gasteiger partial charge in [0.1, 0.15) is 0 Å². The van der Waals surface area contributed by atoms with Crippen LogP contribution in [0.1, 0.15) is 18.4 Å². The van der Waals surface area contributed by atoms with Crippen molar-refractivity contribution in [3.63, 3.8) is 0 Å². The Kier molecular flexibility index (Phi) is 4.48. The second kappa shape index (κ2) is 5.91. The number of ether oxygens (including phenoxy) is 2. The Balaban J connectivity index is 2.03. The molecule has 1 fully saturated rings. The predicted octanol–water partition coefficient (Wildman–Crippen LogP) is 2.08. The van der Waals surface area contributed by atoms with Crippen molar-refractivity contribution in [1.29, 1.82) is 0 Å². The fourth-order valence-corrected chi connectivity index (χ4v) is 2.50. The van der Waals surface area contributed by atoms with E-state index in [9.17, 15) is 5.11 Å². The van der Waals surface area contributed by atoms with Crippen LogP contribution in [-0.2, 0) is 6.54 Å². The van der Waals surface area contributed by atoms with Gasteiger partial charge in [-0.25, -0.2) is 0 Å². The average molecular weight is 316 g/mol. The molecule has 0 heterocycles. The zero-order valence-electron chi connectivity index (χ0n) is 10.6. The number of nitrogens with one attached hydrogen (secondary N) is 1. The maximum absolute atomic E-state index is 9.23. The van der Waals surface area contributed by atoms with Crippen molar-refractivity contribution < 1.29 is 14.6 Å². The fourth-order valence-electron chi connectivity index (χ4n) is 2.04. The third kappa shape index (κ3) is 2.96. The number of benzene rings is 1. The highest BCUT2D eigenvalue weighted by Gasteiger charge is 2.26. The second-order valence-corrected chi connectivity index (χ2v) is 5.36. The Bertz CT molecular complexity index is 419. The van der Waals surface area contributed by atoms with Crippen molar-refractivity contribution in [2.75, 3.05) is 14.2 Å². The Hall–Kier alpha value is -0.780. The molecule has 100 valence electrons. The number of hydrogen-bond donors (Lipinski definition) is 2. The molecule has 2 N–H and O–H groups in total. The molecular weight excluding hydrogens is 298 g/mol. The Morgan fingerprint density at radius 3 is 2.44 bits per heavy atom. The fraction of sp³-hybridized carbons (Fsp3) is 0.538. The van der Waals surface area contributed by atoms with Crippen LogP contribution in [-0.4, -0.2) is 31.5 Å². The lowest BCUT2D eigenvalue weighted by Gasteiger charge is -2.32. The molecule has 18 heavy (non-hydrogen) atoms. The van der Waals surface area contributed by atoms with Crippen LogP contribution in [0.25, 0.3) is 0 Å². The van der Waals surface area contributed by atoms with Gasteiger partial charge in [0, 0.05) is 17.1 Å². The summed E-state index contributed by atoms with van der Waals surface area (Å²) in [6.45, 7) is 0.748. The smallest absolute Gasteiger partial charge is 0.161 e. The number of aliphatic hydroxyl groups excluding tert-OH is 1. The Morgan fingerprint density at radius 2 is 1.89 bits per heavy atom. The quantitative estimate of drug-likeness (QED) is 0.873. The second-order valence-electron chi connectivity index (χ2n) is 4.50. The minimum Gasteiger partial charge on any atom is -0.493 e. The molecule has 0 spiro atoms. The summed E-state index contributed by atoms with van der Waals surface area (Å²) in [4.78, 5) is 0. The number of halogens is 1. The first kappa shape index (κ1) is 13.6. The van der Waals surface area contributed by atoms with E-state index in [2.05, 4.69) is 21.2 Å². The standard InChI is InChI=1S/C13H18BrNO3/c1-17-12-3-8(11(14)6-13(12)18-2)7-15-9-4-10(16)5-9/h3,6,9-10,15-16H,4-5,7H2,1-2H3. The molecule has 0 bridgehead atoms. The van der Waals surface area contributed by atoms with Crippen LogP contribution in [0.5, 0.6) is 11.5 Å². The van der Waals surface area contributed by atoms with Crippen molar-refractivity contribution in [1.82, 2.24) is 5.32 Å². The van der Waals surface area contributed by atoms with Gasteiger partial charge >= 0.3 is 0 Å². The highest BCUT2D eigenvalue weighted by molar-refractivity contribution is 9.10. The van der Waals surface area contributed by atoms with Crippen LogP contribution >= 0.6 is 15.9 Å². The summed E-state index contributed by atoms with van der Waals surface area (Å²) in [5.41, 5.74) is 1.12. The summed E-state index contributed by atoms with van der Waals surface area (Å²) in [6, 6.07) is 4.29. The average Bonchev–Trinajstić information content (AvgIpc) is 2.34. The predicted molar refractivity (Wildman–Crippen MR) is 73.1 cm³/mol. The normalized spacial score (nSPS) is 22.4. The van der Waals surface area contributed by atoms with Gasteiger partial charge in [0.2, 0.25) is 0 Å². The van der Waals surface area contributed by atoms with Crippen LogP contribution in [0.4, 0.5) is 0 Å². The Morgan fingerprint density at radius 1 is 1.28 bits per heavy atom. The molecule has 2 rings (SSSR count). The molecule has 5 heteroatoms. The monoisotopic (exact) mass is 315 g/mol. The van der Waals surface area contributed by atoms with Crippen molar-refractivity contribution in [2.45, 2.75) is 31.5 Å². The molecule has 0 radical (unpaired) electrons. The summed E-state index contributed by atoms with van der Waals surface area (Å²) >= 11 is 3.53. The highest BCUT2D eigenvalue weighted by Crippen LogP contribution is 2.33.